The molecule has 10 heteroatoms. The molecule has 158 valence electrons. The van der Waals surface area contributed by atoms with E-state index < -0.39 is 0 Å². The standard InChI is InChI=1S/C20H26N8OS/c1-4-15(29)13-14-5-7-16(8-6-14)30-20-26-18(23-11-12-28(2)3)25-19(27-20)24-17-21-9-10-22-17/h5-10H,4,11-13H2,1-3H3,(H3,21,22,23,24,25,26,27). The van der Waals surface area contributed by atoms with Gasteiger partial charge >= 0.3 is 0 Å². The smallest absolute Gasteiger partial charge is 0.235 e. The summed E-state index contributed by atoms with van der Waals surface area (Å²) in [7, 11) is 4.02. The summed E-state index contributed by atoms with van der Waals surface area (Å²) in [5.41, 5.74) is 1.01. The molecule has 30 heavy (non-hydrogen) atoms. The summed E-state index contributed by atoms with van der Waals surface area (Å²) in [6.07, 6.45) is 4.39. The van der Waals surface area contributed by atoms with Gasteiger partial charge in [-0.15, -0.1) is 0 Å². The van der Waals surface area contributed by atoms with Crippen LogP contribution in [-0.4, -0.2) is 62.8 Å². The minimum absolute atomic E-state index is 0.231. The quantitative estimate of drug-likeness (QED) is 0.426. The van der Waals surface area contributed by atoms with Crippen molar-refractivity contribution >= 4 is 35.4 Å². The number of benzene rings is 1. The lowest BCUT2D eigenvalue weighted by Gasteiger charge is -2.12. The van der Waals surface area contributed by atoms with Crippen LogP contribution < -0.4 is 10.6 Å². The highest BCUT2D eigenvalue weighted by atomic mass is 32.2. The van der Waals surface area contributed by atoms with Crippen LogP contribution in [0.15, 0.2) is 46.7 Å². The van der Waals surface area contributed by atoms with Crippen molar-refractivity contribution < 1.29 is 4.79 Å². The Hall–Kier alpha value is -2.98. The van der Waals surface area contributed by atoms with Crippen LogP contribution in [0.4, 0.5) is 17.8 Å². The number of Topliss-reactive ketones (excluding diaryl/α,β-unsaturated/α-hetero) is 1. The maximum absolute atomic E-state index is 11.6. The number of H-pyrrole nitrogens is 1. The van der Waals surface area contributed by atoms with E-state index in [0.29, 0.717) is 42.4 Å². The number of hydrogen-bond acceptors (Lipinski definition) is 9. The van der Waals surface area contributed by atoms with Crippen molar-refractivity contribution in [2.45, 2.75) is 29.8 Å². The molecule has 3 aromatic rings. The minimum Gasteiger partial charge on any atom is -0.353 e. The van der Waals surface area contributed by atoms with E-state index in [4.69, 9.17) is 0 Å². The molecule has 3 N–H and O–H groups in total. The van der Waals surface area contributed by atoms with Gasteiger partial charge in [0.25, 0.3) is 0 Å². The third-order valence-corrected chi connectivity index (χ3v) is 4.99. The zero-order chi connectivity index (χ0) is 21.3. The summed E-state index contributed by atoms with van der Waals surface area (Å²) >= 11 is 1.43. The monoisotopic (exact) mass is 426 g/mol. The van der Waals surface area contributed by atoms with Crippen molar-refractivity contribution in [1.82, 2.24) is 29.8 Å². The zero-order valence-electron chi connectivity index (χ0n) is 17.3. The Morgan fingerprint density at radius 1 is 1.13 bits per heavy atom. The summed E-state index contributed by atoms with van der Waals surface area (Å²) in [5, 5.41) is 6.85. The van der Waals surface area contributed by atoms with Gasteiger partial charge in [-0.05, 0) is 43.6 Å². The molecular weight excluding hydrogens is 400 g/mol. The Balaban J connectivity index is 1.75. The molecule has 0 spiro atoms. The summed E-state index contributed by atoms with van der Waals surface area (Å²) in [6.45, 7) is 3.44. The van der Waals surface area contributed by atoms with Crippen molar-refractivity contribution in [3.8, 4) is 0 Å². The van der Waals surface area contributed by atoms with E-state index in [1.165, 1.54) is 11.8 Å². The van der Waals surface area contributed by atoms with Crippen LogP contribution in [0.25, 0.3) is 0 Å². The van der Waals surface area contributed by atoms with E-state index in [0.717, 1.165) is 17.0 Å². The Bertz CT molecular complexity index is 944. The molecule has 2 aromatic heterocycles. The molecule has 9 nitrogen and oxygen atoms in total. The number of likely N-dealkylation sites (N-methyl/N-ethyl adjacent to an activating group) is 1. The van der Waals surface area contributed by atoms with Gasteiger partial charge in [0.15, 0.2) is 5.16 Å². The highest BCUT2D eigenvalue weighted by Gasteiger charge is 2.10. The Morgan fingerprint density at radius 2 is 1.90 bits per heavy atom. The second kappa shape index (κ2) is 10.7. The number of aromatic nitrogens is 5. The molecule has 0 saturated heterocycles. The minimum atomic E-state index is 0.231. The van der Waals surface area contributed by atoms with Gasteiger partial charge in [0.05, 0.1) is 0 Å². The Morgan fingerprint density at radius 3 is 2.57 bits per heavy atom. The average molecular weight is 427 g/mol. The first kappa shape index (κ1) is 21.7. The van der Waals surface area contributed by atoms with Gasteiger partial charge in [-0.1, -0.05) is 19.1 Å². The number of carbonyl (C=O) groups excluding carboxylic acids is 1. The predicted molar refractivity (Wildman–Crippen MR) is 118 cm³/mol. The van der Waals surface area contributed by atoms with Crippen LogP contribution in [-0.2, 0) is 11.2 Å². The second-order valence-corrected chi connectivity index (χ2v) is 7.91. The number of aromatic amines is 1. The number of nitrogens with zero attached hydrogens (tertiary/aromatic N) is 5. The van der Waals surface area contributed by atoms with Crippen LogP contribution in [0.3, 0.4) is 0 Å². The van der Waals surface area contributed by atoms with Crippen molar-refractivity contribution in [2.24, 2.45) is 0 Å². The van der Waals surface area contributed by atoms with Gasteiger partial charge in [-0.3, -0.25) is 10.1 Å². The van der Waals surface area contributed by atoms with E-state index in [-0.39, 0.29) is 5.78 Å². The molecule has 0 aliphatic rings. The zero-order valence-corrected chi connectivity index (χ0v) is 18.2. The van der Waals surface area contributed by atoms with Gasteiger partial charge in [0.2, 0.25) is 17.8 Å². The summed E-state index contributed by atoms with van der Waals surface area (Å²) in [6, 6.07) is 7.89. The summed E-state index contributed by atoms with van der Waals surface area (Å²) < 4.78 is 0. The lowest BCUT2D eigenvalue weighted by molar-refractivity contribution is -0.118. The van der Waals surface area contributed by atoms with Crippen molar-refractivity contribution in [3.63, 3.8) is 0 Å². The molecular formula is C20H26N8OS. The summed E-state index contributed by atoms with van der Waals surface area (Å²) in [5.74, 6) is 1.69. The number of rotatable bonds is 11. The molecule has 0 aliphatic carbocycles. The molecule has 0 aliphatic heterocycles. The molecule has 1 aromatic carbocycles. The largest absolute Gasteiger partial charge is 0.353 e. The number of anilines is 3. The van der Waals surface area contributed by atoms with Crippen LogP contribution in [0.2, 0.25) is 0 Å². The van der Waals surface area contributed by atoms with Crippen LogP contribution in [0.5, 0.6) is 0 Å². The van der Waals surface area contributed by atoms with Crippen molar-refractivity contribution in [3.05, 3.63) is 42.2 Å². The molecule has 0 amide bonds. The maximum Gasteiger partial charge on any atom is 0.235 e. The third-order valence-electron chi connectivity index (χ3n) is 4.11. The molecule has 2 heterocycles. The molecule has 0 unspecified atom stereocenters. The van der Waals surface area contributed by atoms with E-state index in [1.807, 2.05) is 45.3 Å². The number of imidazole rings is 1. The molecule has 0 saturated carbocycles. The topological polar surface area (TPSA) is 112 Å². The Kier molecular flexibility index (Phi) is 7.75. The molecule has 0 atom stereocenters. The molecule has 0 bridgehead atoms. The lowest BCUT2D eigenvalue weighted by Crippen LogP contribution is -2.21. The fourth-order valence-corrected chi connectivity index (χ4v) is 3.25. The first-order valence-electron chi connectivity index (χ1n) is 9.71. The predicted octanol–water partition coefficient (Wildman–Crippen LogP) is 2.98. The van der Waals surface area contributed by atoms with Gasteiger partial charge in [0, 0.05) is 43.2 Å². The maximum atomic E-state index is 11.6. The molecule has 0 fully saturated rings. The van der Waals surface area contributed by atoms with Crippen LogP contribution >= 0.6 is 11.8 Å². The van der Waals surface area contributed by atoms with E-state index in [1.54, 1.807) is 12.4 Å². The SMILES string of the molecule is CCC(=O)Cc1ccc(Sc2nc(NCCN(C)C)nc(Nc3ncc[nH]3)n2)cc1. The van der Waals surface area contributed by atoms with E-state index in [2.05, 4.69) is 40.5 Å². The fourth-order valence-electron chi connectivity index (χ4n) is 2.50. The number of ketones is 1. The second-order valence-electron chi connectivity index (χ2n) is 6.87. The highest BCUT2D eigenvalue weighted by molar-refractivity contribution is 7.99. The third kappa shape index (κ3) is 6.82. The normalized spacial score (nSPS) is 10.9. The van der Waals surface area contributed by atoms with Crippen molar-refractivity contribution in [1.29, 1.82) is 0 Å². The molecule has 3 rings (SSSR count). The van der Waals surface area contributed by atoms with Crippen LogP contribution in [0, 0.1) is 0 Å². The average Bonchev–Trinajstić information content (AvgIpc) is 3.22. The first-order chi connectivity index (χ1) is 14.5. The van der Waals surface area contributed by atoms with Gasteiger partial charge in [-0.25, -0.2) is 4.98 Å². The van der Waals surface area contributed by atoms with Crippen molar-refractivity contribution in [2.75, 3.05) is 37.8 Å². The van der Waals surface area contributed by atoms with E-state index >= 15 is 0 Å². The number of nitrogens with one attached hydrogen (secondary N) is 3. The molecule has 0 radical (unpaired) electrons. The fraction of sp³-hybridized carbons (Fsp3) is 0.350. The van der Waals surface area contributed by atoms with Gasteiger partial charge in [0.1, 0.15) is 5.78 Å². The van der Waals surface area contributed by atoms with Gasteiger partial charge in [-0.2, -0.15) is 15.0 Å². The number of carbonyl (C=O) groups is 1. The van der Waals surface area contributed by atoms with E-state index in [9.17, 15) is 4.79 Å². The Labute approximate surface area is 180 Å². The van der Waals surface area contributed by atoms with Gasteiger partial charge < -0.3 is 15.2 Å². The first-order valence-corrected chi connectivity index (χ1v) is 10.5. The highest BCUT2D eigenvalue weighted by Crippen LogP contribution is 2.27. The lowest BCUT2D eigenvalue weighted by atomic mass is 10.1. The van der Waals surface area contributed by atoms with Crippen LogP contribution in [0.1, 0.15) is 18.9 Å². The summed E-state index contributed by atoms with van der Waals surface area (Å²) in [4.78, 5) is 35.3. The number of hydrogen-bond donors (Lipinski definition) is 3.